The minimum atomic E-state index is -0.0125. The largest absolute Gasteiger partial charge is 0.374 e. The highest BCUT2D eigenvalue weighted by atomic mass is 16.5. The van der Waals surface area contributed by atoms with Gasteiger partial charge in [0.15, 0.2) is 0 Å². The van der Waals surface area contributed by atoms with Gasteiger partial charge in [-0.25, -0.2) is 4.98 Å². The smallest absolute Gasteiger partial charge is 0.130 e. The lowest BCUT2D eigenvalue weighted by Gasteiger charge is -2.52. The highest BCUT2D eigenvalue weighted by molar-refractivity contribution is 5.63. The number of pyridine rings is 1. The standard InChI is InChI=1S/C15H26N4O/c1-6-17-14-8-12(7-13(16-4)18-14)19-9-15(10-19,20-5)11(2)3/h7-8,11H,6,9-10H2,1-5H3,(H2,16,17,18). The van der Waals surface area contributed by atoms with E-state index in [9.17, 15) is 0 Å². The zero-order valence-corrected chi connectivity index (χ0v) is 13.2. The van der Waals surface area contributed by atoms with Crippen LogP contribution in [0.4, 0.5) is 17.3 Å². The van der Waals surface area contributed by atoms with Gasteiger partial charge in [-0.15, -0.1) is 0 Å². The van der Waals surface area contributed by atoms with Crippen molar-refractivity contribution in [2.24, 2.45) is 5.92 Å². The van der Waals surface area contributed by atoms with E-state index in [1.807, 2.05) is 14.2 Å². The van der Waals surface area contributed by atoms with Crippen LogP contribution in [0, 0.1) is 5.92 Å². The maximum absolute atomic E-state index is 5.73. The predicted octanol–water partition coefficient (Wildman–Crippen LogP) is 2.42. The second-order valence-corrected chi connectivity index (χ2v) is 5.66. The Labute approximate surface area is 121 Å². The number of nitrogens with zero attached hydrogens (tertiary/aromatic N) is 2. The van der Waals surface area contributed by atoms with E-state index >= 15 is 0 Å². The second-order valence-electron chi connectivity index (χ2n) is 5.66. The van der Waals surface area contributed by atoms with Gasteiger partial charge in [0.25, 0.3) is 0 Å². The minimum absolute atomic E-state index is 0.0125. The second kappa shape index (κ2) is 5.87. The molecule has 0 saturated carbocycles. The van der Waals surface area contributed by atoms with E-state index in [-0.39, 0.29) is 5.60 Å². The number of hydrogen-bond donors (Lipinski definition) is 2. The number of hydrogen-bond acceptors (Lipinski definition) is 5. The van der Waals surface area contributed by atoms with E-state index in [1.54, 1.807) is 0 Å². The first-order valence-corrected chi connectivity index (χ1v) is 7.28. The molecule has 112 valence electrons. The Morgan fingerprint density at radius 1 is 1.35 bits per heavy atom. The third-order valence-electron chi connectivity index (χ3n) is 4.17. The van der Waals surface area contributed by atoms with Crippen LogP contribution in [0.1, 0.15) is 20.8 Å². The maximum Gasteiger partial charge on any atom is 0.130 e. The summed E-state index contributed by atoms with van der Waals surface area (Å²) in [6.07, 6.45) is 0. The Kier molecular flexibility index (Phi) is 4.38. The average Bonchev–Trinajstić information content (AvgIpc) is 2.38. The third-order valence-corrected chi connectivity index (χ3v) is 4.17. The molecule has 1 aromatic heterocycles. The van der Waals surface area contributed by atoms with Gasteiger partial charge in [0.05, 0.1) is 0 Å². The van der Waals surface area contributed by atoms with Gasteiger partial charge in [-0.3, -0.25) is 0 Å². The van der Waals surface area contributed by atoms with Crippen molar-refractivity contribution < 1.29 is 4.74 Å². The molecule has 0 bridgehead atoms. The van der Waals surface area contributed by atoms with E-state index < -0.39 is 0 Å². The molecule has 0 atom stereocenters. The molecule has 1 aliphatic rings. The van der Waals surface area contributed by atoms with Crippen molar-refractivity contribution in [2.45, 2.75) is 26.4 Å². The molecule has 2 N–H and O–H groups in total. The number of ether oxygens (including phenoxy) is 1. The van der Waals surface area contributed by atoms with E-state index in [4.69, 9.17) is 4.74 Å². The first-order chi connectivity index (χ1) is 9.54. The molecule has 1 saturated heterocycles. The first kappa shape index (κ1) is 14.9. The van der Waals surface area contributed by atoms with Crippen LogP contribution in [0.3, 0.4) is 0 Å². The quantitative estimate of drug-likeness (QED) is 0.837. The zero-order valence-electron chi connectivity index (χ0n) is 13.2. The van der Waals surface area contributed by atoms with Crippen molar-refractivity contribution in [3.8, 4) is 0 Å². The lowest BCUT2D eigenvalue weighted by molar-refractivity contribution is -0.0684. The van der Waals surface area contributed by atoms with Gasteiger partial charge in [-0.1, -0.05) is 13.8 Å². The molecular weight excluding hydrogens is 252 g/mol. The Bertz CT molecular complexity index is 455. The van der Waals surface area contributed by atoms with Crippen molar-refractivity contribution in [1.29, 1.82) is 0 Å². The lowest BCUT2D eigenvalue weighted by atomic mass is 9.82. The van der Waals surface area contributed by atoms with Crippen LogP contribution in [-0.2, 0) is 4.74 Å². The van der Waals surface area contributed by atoms with Crippen LogP contribution in [0.15, 0.2) is 12.1 Å². The minimum Gasteiger partial charge on any atom is -0.374 e. The van der Waals surface area contributed by atoms with E-state index in [2.05, 4.69) is 53.4 Å². The van der Waals surface area contributed by atoms with Crippen LogP contribution in [-0.4, -0.2) is 44.4 Å². The summed E-state index contributed by atoms with van der Waals surface area (Å²) < 4.78 is 5.73. The van der Waals surface area contributed by atoms with Crippen molar-refractivity contribution >= 4 is 17.3 Å². The molecule has 0 spiro atoms. The monoisotopic (exact) mass is 278 g/mol. The molecule has 0 radical (unpaired) electrons. The summed E-state index contributed by atoms with van der Waals surface area (Å²) in [5.74, 6) is 2.31. The lowest BCUT2D eigenvalue weighted by Crippen LogP contribution is -2.65. The van der Waals surface area contributed by atoms with Gasteiger partial charge in [0, 0.05) is 51.6 Å². The van der Waals surface area contributed by atoms with Crippen molar-refractivity contribution in [2.75, 3.05) is 49.3 Å². The average molecular weight is 278 g/mol. The van der Waals surface area contributed by atoms with Crippen molar-refractivity contribution in [3.05, 3.63) is 12.1 Å². The van der Waals surface area contributed by atoms with Crippen molar-refractivity contribution in [3.63, 3.8) is 0 Å². The number of nitrogens with one attached hydrogen (secondary N) is 2. The molecule has 1 fully saturated rings. The number of aromatic nitrogens is 1. The van der Waals surface area contributed by atoms with Crippen LogP contribution >= 0.6 is 0 Å². The fraction of sp³-hybridized carbons (Fsp3) is 0.667. The molecule has 2 rings (SSSR count). The van der Waals surface area contributed by atoms with E-state index in [0.717, 1.165) is 31.3 Å². The Hall–Kier alpha value is -1.49. The topological polar surface area (TPSA) is 49.4 Å². The first-order valence-electron chi connectivity index (χ1n) is 7.28. The summed E-state index contributed by atoms with van der Waals surface area (Å²) in [5, 5.41) is 6.39. The SMILES string of the molecule is CCNc1cc(N2CC(OC)(C(C)C)C2)cc(NC)n1. The molecular formula is C15H26N4O. The van der Waals surface area contributed by atoms with Gasteiger partial charge in [0.2, 0.25) is 0 Å². The van der Waals surface area contributed by atoms with Crippen LogP contribution in [0.5, 0.6) is 0 Å². The number of anilines is 3. The summed E-state index contributed by atoms with van der Waals surface area (Å²) in [4.78, 5) is 6.83. The summed E-state index contributed by atoms with van der Waals surface area (Å²) in [6.45, 7) is 9.24. The third kappa shape index (κ3) is 2.68. The van der Waals surface area contributed by atoms with Crippen LogP contribution in [0.2, 0.25) is 0 Å². The fourth-order valence-electron chi connectivity index (χ4n) is 2.61. The highest BCUT2D eigenvalue weighted by Crippen LogP contribution is 2.36. The normalized spacial score (nSPS) is 17.0. The van der Waals surface area contributed by atoms with Gasteiger partial charge in [0.1, 0.15) is 17.2 Å². The molecule has 5 heteroatoms. The van der Waals surface area contributed by atoms with Crippen LogP contribution < -0.4 is 15.5 Å². The zero-order chi connectivity index (χ0) is 14.8. The molecule has 0 aliphatic carbocycles. The molecule has 20 heavy (non-hydrogen) atoms. The molecule has 1 aromatic rings. The van der Waals surface area contributed by atoms with E-state index in [0.29, 0.717) is 5.92 Å². The molecule has 0 aromatic carbocycles. The van der Waals surface area contributed by atoms with E-state index in [1.165, 1.54) is 5.69 Å². The number of rotatable bonds is 6. The molecule has 5 nitrogen and oxygen atoms in total. The molecule has 0 amide bonds. The summed E-state index contributed by atoms with van der Waals surface area (Å²) in [5.41, 5.74) is 1.18. The van der Waals surface area contributed by atoms with Crippen molar-refractivity contribution in [1.82, 2.24) is 4.98 Å². The Morgan fingerprint density at radius 2 is 2.00 bits per heavy atom. The Morgan fingerprint density at radius 3 is 2.50 bits per heavy atom. The molecule has 1 aliphatic heterocycles. The highest BCUT2D eigenvalue weighted by Gasteiger charge is 2.46. The van der Waals surface area contributed by atoms with Gasteiger partial charge in [-0.2, -0.15) is 0 Å². The van der Waals surface area contributed by atoms with Gasteiger partial charge < -0.3 is 20.3 Å². The molecule has 2 heterocycles. The summed E-state index contributed by atoms with van der Waals surface area (Å²) >= 11 is 0. The Balaban J connectivity index is 2.16. The molecule has 0 unspecified atom stereocenters. The van der Waals surface area contributed by atoms with Gasteiger partial charge >= 0.3 is 0 Å². The van der Waals surface area contributed by atoms with Gasteiger partial charge in [-0.05, 0) is 12.8 Å². The fourth-order valence-corrected chi connectivity index (χ4v) is 2.61. The number of methoxy groups -OCH3 is 1. The summed E-state index contributed by atoms with van der Waals surface area (Å²) in [7, 11) is 3.71. The predicted molar refractivity (Wildman–Crippen MR) is 84.7 cm³/mol. The van der Waals surface area contributed by atoms with Crippen LogP contribution in [0.25, 0.3) is 0 Å². The summed E-state index contributed by atoms with van der Waals surface area (Å²) in [6, 6.07) is 4.19. The maximum atomic E-state index is 5.73.